The predicted molar refractivity (Wildman–Crippen MR) is 85.0 cm³/mol. The monoisotopic (exact) mass is 301 g/mol. The molecule has 108 valence electrons. The first-order chi connectivity index (χ1) is 10.2. The highest BCUT2D eigenvalue weighted by Crippen LogP contribution is 2.27. The summed E-state index contributed by atoms with van der Waals surface area (Å²) in [6, 6.07) is 9.86. The number of benzene rings is 1. The Hall–Kier alpha value is -2.18. The van der Waals surface area contributed by atoms with Crippen LogP contribution in [-0.2, 0) is 0 Å². The van der Waals surface area contributed by atoms with Crippen LogP contribution in [0.25, 0.3) is 11.0 Å². The molecule has 3 aromatic rings. The van der Waals surface area contributed by atoms with Gasteiger partial charge in [0.1, 0.15) is 0 Å². The summed E-state index contributed by atoms with van der Waals surface area (Å²) >= 11 is 1.68. The predicted octanol–water partition coefficient (Wildman–Crippen LogP) is 1.98. The molecule has 0 saturated heterocycles. The molecule has 6 heteroatoms. The van der Waals surface area contributed by atoms with Gasteiger partial charge in [-0.05, 0) is 35.7 Å². The first-order valence-corrected chi connectivity index (χ1v) is 7.60. The van der Waals surface area contributed by atoms with Crippen LogP contribution in [0.3, 0.4) is 0 Å². The van der Waals surface area contributed by atoms with E-state index in [1.54, 1.807) is 11.3 Å². The molecule has 1 atom stereocenters. The number of H-pyrrole nitrogens is 2. The van der Waals surface area contributed by atoms with Crippen molar-refractivity contribution in [2.75, 3.05) is 6.54 Å². The fourth-order valence-corrected chi connectivity index (χ4v) is 3.18. The molecule has 0 radical (unpaired) electrons. The van der Waals surface area contributed by atoms with Crippen LogP contribution in [0.4, 0.5) is 0 Å². The number of nitrogens with one attached hydrogen (secondary N) is 3. The minimum atomic E-state index is -0.629. The molecule has 0 bridgehead atoms. The zero-order valence-corrected chi connectivity index (χ0v) is 12.3. The van der Waals surface area contributed by atoms with Crippen molar-refractivity contribution in [1.82, 2.24) is 15.3 Å². The summed E-state index contributed by atoms with van der Waals surface area (Å²) in [5.74, 6) is 0. The van der Waals surface area contributed by atoms with Crippen molar-refractivity contribution in [3.8, 4) is 0 Å². The van der Waals surface area contributed by atoms with Crippen LogP contribution in [0, 0.1) is 0 Å². The number of rotatable bonds is 4. The van der Waals surface area contributed by atoms with Gasteiger partial charge in [0.2, 0.25) is 0 Å². The summed E-state index contributed by atoms with van der Waals surface area (Å²) in [5, 5.41) is 5.48. The molecule has 3 rings (SSSR count). The van der Waals surface area contributed by atoms with Crippen LogP contribution in [0.5, 0.6) is 0 Å². The molecule has 3 N–H and O–H groups in total. The summed E-state index contributed by atoms with van der Waals surface area (Å²) in [4.78, 5) is 29.2. The second-order valence-electron chi connectivity index (χ2n) is 4.72. The molecular formula is C15H15N3O2S. The van der Waals surface area contributed by atoms with Gasteiger partial charge in [-0.2, -0.15) is 0 Å². The van der Waals surface area contributed by atoms with Gasteiger partial charge in [-0.1, -0.05) is 19.1 Å². The van der Waals surface area contributed by atoms with E-state index in [0.29, 0.717) is 11.0 Å². The number of aromatic amines is 2. The summed E-state index contributed by atoms with van der Waals surface area (Å²) in [5.41, 5.74) is 1.06. The Morgan fingerprint density at radius 1 is 1.14 bits per heavy atom. The van der Waals surface area contributed by atoms with Gasteiger partial charge < -0.3 is 15.3 Å². The second kappa shape index (κ2) is 5.67. The standard InChI is InChI=1S/C15H15N3O2S/c1-2-16-13(12-4-3-7-21-12)9-5-6-10-11(8-9)18-15(20)14(19)17-10/h3-8,13,16H,2H2,1H3,(H,17,19)(H,18,20). The largest absolute Gasteiger partial charge is 0.316 e. The van der Waals surface area contributed by atoms with Crippen molar-refractivity contribution in [2.45, 2.75) is 13.0 Å². The maximum atomic E-state index is 11.5. The van der Waals surface area contributed by atoms with Crippen LogP contribution in [0.15, 0.2) is 45.3 Å². The zero-order valence-electron chi connectivity index (χ0n) is 11.5. The van der Waals surface area contributed by atoms with Gasteiger partial charge in [0, 0.05) is 4.88 Å². The molecule has 2 heterocycles. The van der Waals surface area contributed by atoms with Gasteiger partial charge in [-0.15, -0.1) is 11.3 Å². The molecule has 0 amide bonds. The highest BCUT2D eigenvalue weighted by atomic mass is 32.1. The average Bonchev–Trinajstić information content (AvgIpc) is 2.99. The van der Waals surface area contributed by atoms with Crippen molar-refractivity contribution >= 4 is 22.4 Å². The highest BCUT2D eigenvalue weighted by molar-refractivity contribution is 7.10. The number of fused-ring (bicyclic) bond motifs is 1. The Kier molecular flexibility index (Phi) is 3.72. The van der Waals surface area contributed by atoms with E-state index in [-0.39, 0.29) is 6.04 Å². The van der Waals surface area contributed by atoms with E-state index in [1.807, 2.05) is 29.6 Å². The van der Waals surface area contributed by atoms with Crippen molar-refractivity contribution < 1.29 is 0 Å². The first-order valence-electron chi connectivity index (χ1n) is 6.72. The SMILES string of the molecule is CCNC(c1ccc2[nH]c(=O)c(=O)[nH]c2c1)c1cccs1. The fourth-order valence-electron chi connectivity index (χ4n) is 2.35. The van der Waals surface area contributed by atoms with Crippen molar-refractivity contribution in [3.63, 3.8) is 0 Å². The smallest absolute Gasteiger partial charge is 0.314 e. The summed E-state index contributed by atoms with van der Waals surface area (Å²) in [6.07, 6.45) is 0. The van der Waals surface area contributed by atoms with Gasteiger partial charge in [-0.25, -0.2) is 0 Å². The quantitative estimate of drug-likeness (QED) is 0.645. The molecule has 0 spiro atoms. The van der Waals surface area contributed by atoms with Gasteiger partial charge in [-0.3, -0.25) is 9.59 Å². The molecule has 1 unspecified atom stereocenters. The van der Waals surface area contributed by atoms with Crippen LogP contribution in [0.2, 0.25) is 0 Å². The minimum Gasteiger partial charge on any atom is -0.316 e. The van der Waals surface area contributed by atoms with Crippen LogP contribution >= 0.6 is 11.3 Å². The number of hydrogen-bond donors (Lipinski definition) is 3. The molecule has 0 aliphatic carbocycles. The van der Waals surface area contributed by atoms with E-state index in [0.717, 1.165) is 12.1 Å². The zero-order chi connectivity index (χ0) is 14.8. The Morgan fingerprint density at radius 2 is 1.90 bits per heavy atom. The average molecular weight is 301 g/mol. The van der Waals surface area contributed by atoms with Gasteiger partial charge in [0.15, 0.2) is 0 Å². The van der Waals surface area contributed by atoms with E-state index in [9.17, 15) is 9.59 Å². The summed E-state index contributed by atoms with van der Waals surface area (Å²) < 4.78 is 0. The Bertz CT molecular complexity index is 865. The lowest BCUT2D eigenvalue weighted by atomic mass is 10.0. The second-order valence-corrected chi connectivity index (χ2v) is 5.70. The van der Waals surface area contributed by atoms with Crippen LogP contribution in [0.1, 0.15) is 23.4 Å². The summed E-state index contributed by atoms with van der Waals surface area (Å²) in [6.45, 7) is 2.89. The minimum absolute atomic E-state index is 0.0785. The van der Waals surface area contributed by atoms with E-state index >= 15 is 0 Å². The normalized spacial score (nSPS) is 12.6. The topological polar surface area (TPSA) is 77.8 Å². The summed E-state index contributed by atoms with van der Waals surface area (Å²) in [7, 11) is 0. The molecule has 21 heavy (non-hydrogen) atoms. The van der Waals surface area contributed by atoms with E-state index in [4.69, 9.17) is 0 Å². The molecular weight excluding hydrogens is 286 g/mol. The van der Waals surface area contributed by atoms with Crippen molar-refractivity contribution in [3.05, 3.63) is 66.9 Å². The number of hydrogen-bond acceptors (Lipinski definition) is 4. The van der Waals surface area contributed by atoms with Gasteiger partial charge >= 0.3 is 11.1 Å². The van der Waals surface area contributed by atoms with Gasteiger partial charge in [0.05, 0.1) is 17.1 Å². The lowest BCUT2D eigenvalue weighted by Crippen LogP contribution is -2.29. The molecule has 1 aromatic carbocycles. The number of thiophene rings is 1. The fraction of sp³-hybridized carbons (Fsp3) is 0.200. The third-order valence-corrected chi connectivity index (χ3v) is 4.25. The van der Waals surface area contributed by atoms with Crippen molar-refractivity contribution in [1.29, 1.82) is 0 Å². The third kappa shape index (κ3) is 2.68. The third-order valence-electron chi connectivity index (χ3n) is 3.32. The van der Waals surface area contributed by atoms with E-state index in [1.165, 1.54) is 4.88 Å². The number of aromatic nitrogens is 2. The molecule has 0 saturated carbocycles. The molecule has 0 fully saturated rings. The first kappa shape index (κ1) is 13.8. The molecule has 5 nitrogen and oxygen atoms in total. The lowest BCUT2D eigenvalue weighted by molar-refractivity contribution is 0.640. The Morgan fingerprint density at radius 3 is 2.57 bits per heavy atom. The van der Waals surface area contributed by atoms with Gasteiger partial charge in [0.25, 0.3) is 0 Å². The molecule has 0 aliphatic rings. The van der Waals surface area contributed by atoms with Crippen LogP contribution in [-0.4, -0.2) is 16.5 Å². The highest BCUT2D eigenvalue weighted by Gasteiger charge is 2.14. The Labute approximate surface area is 124 Å². The van der Waals surface area contributed by atoms with Crippen molar-refractivity contribution in [2.24, 2.45) is 0 Å². The van der Waals surface area contributed by atoms with E-state index < -0.39 is 11.1 Å². The maximum absolute atomic E-state index is 11.5. The maximum Gasteiger partial charge on any atom is 0.314 e. The van der Waals surface area contributed by atoms with Crippen LogP contribution < -0.4 is 16.4 Å². The lowest BCUT2D eigenvalue weighted by Gasteiger charge is -2.17. The molecule has 0 aliphatic heterocycles. The molecule has 2 aromatic heterocycles. The van der Waals surface area contributed by atoms with E-state index in [2.05, 4.69) is 28.3 Å². The Balaban J connectivity index is 2.12.